The first-order chi connectivity index (χ1) is 8.28. The lowest BCUT2D eigenvalue weighted by atomic mass is 10.1. The van der Waals surface area contributed by atoms with Gasteiger partial charge in [0, 0.05) is 18.3 Å². The number of carbonyl (C=O) groups excluding carboxylic acids is 1. The largest absolute Gasteiger partial charge is 0.478 e. The molecule has 98 valence electrons. The van der Waals surface area contributed by atoms with E-state index < -0.39 is 11.6 Å². The summed E-state index contributed by atoms with van der Waals surface area (Å²) < 4.78 is 5.15. The van der Waals surface area contributed by atoms with E-state index in [1.165, 1.54) is 18.3 Å². The summed E-state index contributed by atoms with van der Waals surface area (Å²) in [5, 5.41) is 8.82. The Morgan fingerprint density at radius 3 is 2.61 bits per heavy atom. The van der Waals surface area contributed by atoms with Gasteiger partial charge in [0.25, 0.3) is 0 Å². The number of esters is 1. The van der Waals surface area contributed by atoms with Crippen molar-refractivity contribution < 1.29 is 19.4 Å². The second-order valence-electron chi connectivity index (χ2n) is 4.93. The standard InChI is InChI=1S/C13H17NO4/c1-13(2,3)18-11(15)5-4-10-8-9(12(16)17)6-7-14-10/h6-8H,4-5H2,1-3H3,(H,16,17). The van der Waals surface area contributed by atoms with Crippen LogP contribution in [0.15, 0.2) is 18.3 Å². The molecule has 1 rings (SSSR count). The number of hydrogen-bond donors (Lipinski definition) is 1. The van der Waals surface area contributed by atoms with Crippen LogP contribution >= 0.6 is 0 Å². The Labute approximate surface area is 106 Å². The van der Waals surface area contributed by atoms with Gasteiger partial charge < -0.3 is 9.84 Å². The van der Waals surface area contributed by atoms with E-state index in [9.17, 15) is 9.59 Å². The van der Waals surface area contributed by atoms with Crippen molar-refractivity contribution in [3.8, 4) is 0 Å². The van der Waals surface area contributed by atoms with Crippen LogP contribution in [0.5, 0.6) is 0 Å². The smallest absolute Gasteiger partial charge is 0.335 e. The number of aromatic nitrogens is 1. The lowest BCUT2D eigenvalue weighted by Gasteiger charge is -2.19. The van der Waals surface area contributed by atoms with E-state index in [0.717, 1.165) is 0 Å². The number of aromatic carboxylic acids is 1. The molecule has 0 bridgehead atoms. The molecule has 1 aromatic heterocycles. The third-order valence-corrected chi connectivity index (χ3v) is 2.07. The summed E-state index contributed by atoms with van der Waals surface area (Å²) in [5.74, 6) is -1.32. The Balaban J connectivity index is 2.56. The molecule has 0 fully saturated rings. The molecule has 18 heavy (non-hydrogen) atoms. The maximum atomic E-state index is 11.5. The van der Waals surface area contributed by atoms with E-state index in [1.54, 1.807) is 20.8 Å². The average Bonchev–Trinajstić information content (AvgIpc) is 2.24. The summed E-state index contributed by atoms with van der Waals surface area (Å²) in [6.45, 7) is 5.40. The Morgan fingerprint density at radius 1 is 1.39 bits per heavy atom. The fourth-order valence-electron chi connectivity index (χ4n) is 1.37. The van der Waals surface area contributed by atoms with Gasteiger partial charge in [-0.3, -0.25) is 9.78 Å². The summed E-state index contributed by atoms with van der Waals surface area (Å²) in [6, 6.07) is 2.88. The Kier molecular flexibility index (Phi) is 4.42. The van der Waals surface area contributed by atoms with Gasteiger partial charge in [0.05, 0.1) is 12.0 Å². The van der Waals surface area contributed by atoms with Crippen molar-refractivity contribution in [3.63, 3.8) is 0 Å². The molecule has 0 unspecified atom stereocenters. The van der Waals surface area contributed by atoms with Crippen molar-refractivity contribution in [2.45, 2.75) is 39.2 Å². The second-order valence-corrected chi connectivity index (χ2v) is 4.93. The third-order valence-electron chi connectivity index (χ3n) is 2.07. The van der Waals surface area contributed by atoms with Gasteiger partial charge in [-0.15, -0.1) is 0 Å². The predicted molar refractivity (Wildman–Crippen MR) is 65.4 cm³/mol. The van der Waals surface area contributed by atoms with E-state index in [-0.39, 0.29) is 18.0 Å². The number of rotatable bonds is 4. The number of ether oxygens (including phenoxy) is 1. The zero-order chi connectivity index (χ0) is 13.8. The molecule has 0 aliphatic carbocycles. The SMILES string of the molecule is CC(C)(C)OC(=O)CCc1cc(C(=O)O)ccn1. The highest BCUT2D eigenvalue weighted by Crippen LogP contribution is 2.10. The topological polar surface area (TPSA) is 76.5 Å². The molecule has 0 aliphatic rings. The first kappa shape index (κ1) is 14.2. The predicted octanol–water partition coefficient (Wildman–Crippen LogP) is 2.05. The normalized spacial score (nSPS) is 11.1. The van der Waals surface area contributed by atoms with Crippen LogP contribution in [0.3, 0.4) is 0 Å². The van der Waals surface area contributed by atoms with Crippen molar-refractivity contribution in [2.75, 3.05) is 0 Å². The van der Waals surface area contributed by atoms with E-state index in [4.69, 9.17) is 9.84 Å². The Bertz CT molecular complexity index is 449. The number of carbonyl (C=O) groups is 2. The molecule has 1 N–H and O–H groups in total. The van der Waals surface area contributed by atoms with Gasteiger partial charge >= 0.3 is 11.9 Å². The highest BCUT2D eigenvalue weighted by atomic mass is 16.6. The van der Waals surface area contributed by atoms with Gasteiger partial charge in [-0.2, -0.15) is 0 Å². The molecule has 0 spiro atoms. The van der Waals surface area contributed by atoms with Crippen molar-refractivity contribution in [1.82, 2.24) is 4.98 Å². The average molecular weight is 251 g/mol. The molecule has 0 atom stereocenters. The molecule has 0 radical (unpaired) electrons. The summed E-state index contributed by atoms with van der Waals surface area (Å²) in [5.41, 5.74) is 0.234. The molecule has 0 aromatic carbocycles. The molecule has 0 aliphatic heterocycles. The van der Waals surface area contributed by atoms with E-state index in [2.05, 4.69) is 4.98 Å². The highest BCUT2D eigenvalue weighted by molar-refractivity contribution is 5.87. The van der Waals surface area contributed by atoms with Crippen molar-refractivity contribution in [1.29, 1.82) is 0 Å². The first-order valence-corrected chi connectivity index (χ1v) is 5.68. The summed E-state index contributed by atoms with van der Waals surface area (Å²) in [6.07, 6.45) is 1.98. The number of carboxylic acids is 1. The quantitative estimate of drug-likeness (QED) is 0.829. The van der Waals surface area contributed by atoms with Crippen LogP contribution in [-0.4, -0.2) is 27.6 Å². The van der Waals surface area contributed by atoms with Crippen LogP contribution in [0.25, 0.3) is 0 Å². The van der Waals surface area contributed by atoms with Gasteiger partial charge in [-0.25, -0.2) is 4.79 Å². The lowest BCUT2D eigenvalue weighted by molar-refractivity contribution is -0.154. The molecular formula is C13H17NO4. The van der Waals surface area contributed by atoms with Crippen LogP contribution in [0, 0.1) is 0 Å². The maximum absolute atomic E-state index is 11.5. The number of aryl methyl sites for hydroxylation is 1. The summed E-state index contributed by atoms with van der Waals surface area (Å²) in [4.78, 5) is 26.3. The molecule has 1 heterocycles. The summed E-state index contributed by atoms with van der Waals surface area (Å²) >= 11 is 0. The van der Waals surface area contributed by atoms with Crippen LogP contribution < -0.4 is 0 Å². The molecule has 1 aromatic rings. The van der Waals surface area contributed by atoms with Gasteiger partial charge in [-0.05, 0) is 32.9 Å². The molecule has 5 nitrogen and oxygen atoms in total. The molecule has 0 saturated carbocycles. The zero-order valence-electron chi connectivity index (χ0n) is 10.8. The van der Waals surface area contributed by atoms with Crippen LogP contribution in [-0.2, 0) is 16.0 Å². The molecule has 5 heteroatoms. The highest BCUT2D eigenvalue weighted by Gasteiger charge is 2.16. The van der Waals surface area contributed by atoms with E-state index in [0.29, 0.717) is 12.1 Å². The van der Waals surface area contributed by atoms with Gasteiger partial charge in [0.2, 0.25) is 0 Å². The van der Waals surface area contributed by atoms with Crippen molar-refractivity contribution in [2.24, 2.45) is 0 Å². The third kappa shape index (κ3) is 4.95. The van der Waals surface area contributed by atoms with E-state index >= 15 is 0 Å². The fraction of sp³-hybridized carbons (Fsp3) is 0.462. The number of nitrogens with zero attached hydrogens (tertiary/aromatic N) is 1. The zero-order valence-corrected chi connectivity index (χ0v) is 10.8. The van der Waals surface area contributed by atoms with Gasteiger partial charge in [0.15, 0.2) is 0 Å². The maximum Gasteiger partial charge on any atom is 0.335 e. The van der Waals surface area contributed by atoms with Crippen LogP contribution in [0.1, 0.15) is 43.2 Å². The summed E-state index contributed by atoms with van der Waals surface area (Å²) in [7, 11) is 0. The number of carboxylic acid groups (broad SMARTS) is 1. The molecule has 0 amide bonds. The van der Waals surface area contributed by atoms with Gasteiger partial charge in [-0.1, -0.05) is 0 Å². The van der Waals surface area contributed by atoms with Crippen LogP contribution in [0.2, 0.25) is 0 Å². The monoisotopic (exact) mass is 251 g/mol. The minimum Gasteiger partial charge on any atom is -0.478 e. The Hall–Kier alpha value is -1.91. The first-order valence-electron chi connectivity index (χ1n) is 5.68. The fourth-order valence-corrected chi connectivity index (χ4v) is 1.37. The van der Waals surface area contributed by atoms with Gasteiger partial charge in [0.1, 0.15) is 5.60 Å². The van der Waals surface area contributed by atoms with Crippen molar-refractivity contribution >= 4 is 11.9 Å². The minimum absolute atomic E-state index is 0.171. The minimum atomic E-state index is -1.00. The number of hydrogen-bond acceptors (Lipinski definition) is 4. The van der Waals surface area contributed by atoms with E-state index in [1.807, 2.05) is 0 Å². The van der Waals surface area contributed by atoms with Crippen LogP contribution in [0.4, 0.5) is 0 Å². The van der Waals surface area contributed by atoms with Crippen molar-refractivity contribution in [3.05, 3.63) is 29.6 Å². The number of pyridine rings is 1. The molecule has 0 saturated heterocycles. The Morgan fingerprint density at radius 2 is 2.06 bits per heavy atom. The lowest BCUT2D eigenvalue weighted by Crippen LogP contribution is -2.24. The second kappa shape index (κ2) is 5.62. The molecular weight excluding hydrogens is 234 g/mol.